The molecule has 1 rings (SSSR count). The second-order valence-electron chi connectivity index (χ2n) is 0.623. The van der Waals surface area contributed by atoms with Crippen LogP contribution >= 0.6 is 0 Å². The minimum absolute atomic E-state index is 0.0324. The zero-order valence-electron chi connectivity index (χ0n) is 3.51. The third-order valence-corrected chi connectivity index (χ3v) is 0.309. The van der Waals surface area contributed by atoms with Gasteiger partial charge >= 0.3 is 0 Å². The maximum atomic E-state index is 6.60. The zero-order chi connectivity index (χ0) is 4.41. The average molecular weight is 70.1 g/mol. The van der Waals surface area contributed by atoms with Crippen LogP contribution in [0.2, 0.25) is 0 Å². The quantitative estimate of drug-likeness (QED) is 0.448. The molecule has 0 N–H and O–H groups in total. The van der Waals surface area contributed by atoms with Gasteiger partial charge in [0.1, 0.15) is 7.63 Å². The molecule has 1 heterocycles. The van der Waals surface area contributed by atoms with E-state index in [1.54, 1.807) is 0 Å². The van der Waals surface area contributed by atoms with E-state index in [-0.39, 0.29) is 6.37 Å². The van der Waals surface area contributed by atoms with E-state index in [2.05, 4.69) is 9.40 Å². The van der Waals surface area contributed by atoms with Gasteiger partial charge in [0.15, 0.2) is 6.37 Å². The van der Waals surface area contributed by atoms with Crippen molar-refractivity contribution < 1.29 is 5.79 Å². The Balaban J connectivity index is 3.05. The maximum absolute atomic E-state index is 6.60. The Hall–Kier alpha value is -0.790. The van der Waals surface area contributed by atoms with E-state index in [0.29, 0.717) is 0 Å². The molecule has 1 aromatic heterocycles. The molecule has 0 aliphatic heterocycles. The fourth-order valence-electron chi connectivity index (χ4n) is 0.152. The van der Waals surface area contributed by atoms with Crippen LogP contribution in [0, 0.1) is 0 Å². The molecule has 0 aliphatic rings. The van der Waals surface area contributed by atoms with Gasteiger partial charge in [-0.3, -0.25) is 0 Å². The second-order valence-corrected chi connectivity index (χ2v) is 0.623. The van der Waals surface area contributed by atoms with E-state index < -0.39 is 0 Å². The van der Waals surface area contributed by atoms with Crippen molar-refractivity contribution in [2.24, 2.45) is 0 Å². The van der Waals surface area contributed by atoms with Gasteiger partial charge in [-0.25, -0.2) is 4.98 Å². The van der Waals surface area contributed by atoms with Crippen LogP contribution in [-0.2, 0) is 0 Å². The highest BCUT2D eigenvalue weighted by molar-refractivity contribution is 4.56. The first-order chi connectivity index (χ1) is 2.89. The normalized spacial score (nSPS) is 10.8. The van der Waals surface area contributed by atoms with Gasteiger partial charge in [0.2, 0.25) is 0 Å². The van der Waals surface area contributed by atoms with Gasteiger partial charge < -0.3 is 4.42 Å². The van der Waals surface area contributed by atoms with E-state index in [1.165, 1.54) is 12.5 Å². The zero-order valence-corrected chi connectivity index (χ0v) is 2.51. The van der Waals surface area contributed by atoms with Crippen molar-refractivity contribution in [2.45, 2.75) is 0 Å². The van der Waals surface area contributed by atoms with Crippen LogP contribution in [-0.4, -0.2) is 4.98 Å². The molecule has 5 heavy (non-hydrogen) atoms. The molecular formula is C3H3NO. The Kier molecular flexibility index (Phi) is 0.283. The second kappa shape index (κ2) is 0.885. The summed E-state index contributed by atoms with van der Waals surface area (Å²) in [5.74, 6) is 0. The Morgan fingerprint density at radius 3 is 3.20 bits per heavy atom. The van der Waals surface area contributed by atoms with Crippen molar-refractivity contribution in [3.8, 4) is 0 Å². The molecule has 2 heteroatoms. The molecule has 0 aliphatic carbocycles. The molecule has 0 atom stereocenters. The summed E-state index contributed by atoms with van der Waals surface area (Å²) in [6.07, 6.45) is 2.76. The van der Waals surface area contributed by atoms with Crippen LogP contribution in [0.15, 0.2) is 23.2 Å². The summed E-state index contributed by atoms with van der Waals surface area (Å²) in [7, 11) is 0. The first-order valence-corrected chi connectivity index (χ1v) is 1.25. The third kappa shape index (κ3) is 0.265. The molecule has 0 spiro atoms. The van der Waals surface area contributed by atoms with E-state index in [0.717, 1.165) is 0 Å². The van der Waals surface area contributed by atoms with Crippen LogP contribution in [0.25, 0.3) is 0 Å². The van der Waals surface area contributed by atoms with Gasteiger partial charge in [0.25, 0.3) is 0 Å². The first kappa shape index (κ1) is 1.60. The van der Waals surface area contributed by atoms with Crippen LogP contribution in [0.1, 0.15) is 1.37 Å². The number of hydrogen-bond donors (Lipinski definition) is 0. The predicted octanol–water partition coefficient (Wildman–Crippen LogP) is 0.675. The molecule has 0 radical (unpaired) electrons. The van der Waals surface area contributed by atoms with Crippen molar-refractivity contribution >= 4 is 0 Å². The summed E-state index contributed by atoms with van der Waals surface area (Å²) in [6, 6.07) is 0. The van der Waals surface area contributed by atoms with Gasteiger partial charge in [-0.2, -0.15) is 0 Å². The number of hydrogen-bond acceptors (Lipinski definition) is 2. The number of rotatable bonds is 0. The summed E-state index contributed by atoms with van der Waals surface area (Å²) in [6.45, 7) is 0. The number of oxazole rings is 1. The largest absolute Gasteiger partial charge is 0.452 e. The Morgan fingerprint density at radius 1 is 2.00 bits per heavy atom. The van der Waals surface area contributed by atoms with Crippen LogP contribution in [0.3, 0.4) is 0 Å². The summed E-state index contributed by atoms with van der Waals surface area (Å²) in [4.78, 5) is 3.42. The fraction of sp³-hybridized carbons (Fsp3) is 0. The predicted molar refractivity (Wildman–Crippen MR) is 16.5 cm³/mol. The number of aromatic nitrogens is 1. The molecular weight excluding hydrogens is 66.0 g/mol. The highest BCUT2D eigenvalue weighted by atomic mass is 16.3. The average Bonchev–Trinajstić information content (AvgIpc) is 1.86. The maximum Gasteiger partial charge on any atom is 0.180 e. The summed E-state index contributed by atoms with van der Waals surface area (Å²) < 4.78 is 11.0. The van der Waals surface area contributed by atoms with Crippen LogP contribution in [0.5, 0.6) is 0 Å². The summed E-state index contributed by atoms with van der Waals surface area (Å²) in [5, 5.41) is 0. The van der Waals surface area contributed by atoms with Crippen molar-refractivity contribution in [3.63, 3.8) is 0 Å². The first-order valence-electron chi connectivity index (χ1n) is 1.75. The van der Waals surface area contributed by atoms with E-state index >= 15 is 0 Å². The molecule has 0 unspecified atom stereocenters. The minimum Gasteiger partial charge on any atom is -0.452 e. The SMILES string of the molecule is [2H]c1ncco1. The lowest BCUT2D eigenvalue weighted by atomic mass is 11.0. The molecule has 0 bridgehead atoms. The highest BCUT2D eigenvalue weighted by Gasteiger charge is 1.59. The van der Waals surface area contributed by atoms with Gasteiger partial charge in [-0.15, -0.1) is 0 Å². The van der Waals surface area contributed by atoms with E-state index in [9.17, 15) is 0 Å². The lowest BCUT2D eigenvalue weighted by molar-refractivity contribution is 0.558. The molecule has 0 aromatic carbocycles. The topological polar surface area (TPSA) is 26.0 Å². The molecule has 26 valence electrons. The van der Waals surface area contributed by atoms with Crippen LogP contribution < -0.4 is 0 Å². The molecule has 0 fully saturated rings. The molecule has 0 saturated heterocycles. The van der Waals surface area contributed by atoms with E-state index in [1.807, 2.05) is 0 Å². The van der Waals surface area contributed by atoms with Crippen molar-refractivity contribution in [1.82, 2.24) is 4.98 Å². The summed E-state index contributed by atoms with van der Waals surface area (Å²) >= 11 is 0. The minimum atomic E-state index is -0.0324. The monoisotopic (exact) mass is 70.0 g/mol. The third-order valence-electron chi connectivity index (χ3n) is 0.309. The molecule has 0 amide bonds. The Morgan fingerprint density at radius 2 is 3.00 bits per heavy atom. The van der Waals surface area contributed by atoms with Gasteiger partial charge in [0, 0.05) is 0 Å². The van der Waals surface area contributed by atoms with Crippen molar-refractivity contribution in [1.29, 1.82) is 0 Å². The standard InChI is InChI=1S/C3H3NO/c1-2-5-3-4-1/h1-3H/i3D. The highest BCUT2D eigenvalue weighted by Crippen LogP contribution is 1.72. The number of nitrogens with zero attached hydrogens (tertiary/aromatic N) is 1. The fourth-order valence-corrected chi connectivity index (χ4v) is 0.152. The lowest BCUT2D eigenvalue weighted by Gasteiger charge is -1.47. The molecule has 1 aromatic rings. The van der Waals surface area contributed by atoms with Gasteiger partial charge in [-0.1, -0.05) is 0 Å². The smallest absolute Gasteiger partial charge is 0.180 e. The van der Waals surface area contributed by atoms with Crippen molar-refractivity contribution in [3.05, 3.63) is 18.8 Å². The lowest BCUT2D eigenvalue weighted by Crippen LogP contribution is -1.38. The van der Waals surface area contributed by atoms with Gasteiger partial charge in [-0.05, 0) is 0 Å². The molecule has 0 saturated carbocycles. The summed E-state index contributed by atoms with van der Waals surface area (Å²) in [5.41, 5.74) is 0. The van der Waals surface area contributed by atoms with Crippen LogP contribution in [0.4, 0.5) is 0 Å². The molecule has 2 nitrogen and oxygen atoms in total. The van der Waals surface area contributed by atoms with E-state index in [4.69, 9.17) is 1.37 Å². The Labute approximate surface area is 30.9 Å². The van der Waals surface area contributed by atoms with Crippen molar-refractivity contribution in [2.75, 3.05) is 0 Å². The van der Waals surface area contributed by atoms with Gasteiger partial charge in [0.05, 0.1) is 6.20 Å². The Bertz CT molecular complexity index is 114.